The Morgan fingerprint density at radius 1 is 1.12 bits per heavy atom. The Kier molecular flexibility index (Phi) is 6.84. The van der Waals surface area contributed by atoms with Crippen LogP contribution in [0.4, 0.5) is 0 Å². The highest BCUT2D eigenvalue weighted by Gasteiger charge is 2.43. The Hall–Kier alpha value is -2.80. The monoisotopic (exact) mass is 440 g/mol. The number of likely N-dealkylation sites (tertiary alicyclic amines) is 1. The number of piperidine rings is 1. The molecule has 1 unspecified atom stereocenters. The smallest absolute Gasteiger partial charge is 0.290 e. The van der Waals surface area contributed by atoms with Crippen molar-refractivity contribution in [1.29, 1.82) is 0 Å². The van der Waals surface area contributed by atoms with Crippen LogP contribution in [0.5, 0.6) is 11.7 Å². The van der Waals surface area contributed by atoms with E-state index in [4.69, 9.17) is 13.9 Å². The number of nitrogens with one attached hydrogen (secondary N) is 1. The first kappa shape index (κ1) is 22.4. The highest BCUT2D eigenvalue weighted by molar-refractivity contribution is 5.91. The lowest BCUT2D eigenvalue weighted by atomic mass is 9.88. The molecule has 2 saturated heterocycles. The number of hydrogen-bond donors (Lipinski definition) is 1. The van der Waals surface area contributed by atoms with Crippen LogP contribution in [-0.4, -0.2) is 48.1 Å². The zero-order valence-electron chi connectivity index (χ0n) is 18.8. The molecule has 0 radical (unpaired) electrons. The van der Waals surface area contributed by atoms with Crippen molar-refractivity contribution in [3.05, 3.63) is 48.2 Å². The van der Waals surface area contributed by atoms with E-state index in [1.54, 1.807) is 12.1 Å². The SMILES string of the molecule is CC(C)CC(=O)N1CCC2(CCC(CNC(=O)c3ccc(Oc4ccccc4)o3)O2)CC1. The zero-order chi connectivity index (χ0) is 22.6. The van der Waals surface area contributed by atoms with E-state index in [1.165, 1.54) is 0 Å². The predicted molar refractivity (Wildman–Crippen MR) is 120 cm³/mol. The molecule has 2 fully saturated rings. The van der Waals surface area contributed by atoms with Crippen LogP contribution in [0, 0.1) is 5.92 Å². The van der Waals surface area contributed by atoms with E-state index in [1.807, 2.05) is 35.2 Å². The lowest BCUT2D eigenvalue weighted by molar-refractivity contribution is -0.138. The summed E-state index contributed by atoms with van der Waals surface area (Å²) in [6.45, 7) is 6.08. The molecule has 0 bridgehead atoms. The fraction of sp³-hybridized carbons (Fsp3) is 0.520. The first-order valence-corrected chi connectivity index (χ1v) is 11.5. The molecule has 0 saturated carbocycles. The van der Waals surface area contributed by atoms with Gasteiger partial charge in [-0.3, -0.25) is 9.59 Å². The van der Waals surface area contributed by atoms with Gasteiger partial charge in [-0.05, 0) is 49.8 Å². The standard InChI is InChI=1S/C25H32N2O5/c1-18(2)16-22(28)27-14-12-25(13-15-27)11-10-20(32-25)17-26-24(29)21-8-9-23(31-21)30-19-6-4-3-5-7-19/h3-9,18,20H,10-17H2,1-2H3,(H,26,29). The van der Waals surface area contributed by atoms with Gasteiger partial charge in [-0.25, -0.2) is 0 Å². The summed E-state index contributed by atoms with van der Waals surface area (Å²) in [6, 6.07) is 12.5. The number of para-hydroxylation sites is 1. The van der Waals surface area contributed by atoms with Gasteiger partial charge < -0.3 is 24.1 Å². The van der Waals surface area contributed by atoms with Crippen LogP contribution in [0.15, 0.2) is 46.9 Å². The Bertz CT molecular complexity index is 915. The number of carbonyl (C=O) groups excluding carboxylic acids is 2. The fourth-order valence-electron chi connectivity index (χ4n) is 4.44. The number of hydrogen-bond acceptors (Lipinski definition) is 5. The van der Waals surface area contributed by atoms with E-state index < -0.39 is 0 Å². The van der Waals surface area contributed by atoms with Gasteiger partial charge in [-0.2, -0.15) is 0 Å². The molecular formula is C25H32N2O5. The third kappa shape index (κ3) is 5.51. The summed E-state index contributed by atoms with van der Waals surface area (Å²) < 4.78 is 17.5. The van der Waals surface area contributed by atoms with Gasteiger partial charge in [0.1, 0.15) is 5.75 Å². The Labute approximate surface area is 189 Å². The molecule has 2 aliphatic rings. The minimum atomic E-state index is -0.286. The maximum atomic E-state index is 12.5. The minimum Gasteiger partial charge on any atom is -0.426 e. The molecule has 2 amide bonds. The lowest BCUT2D eigenvalue weighted by Crippen LogP contribution is -2.47. The number of rotatable bonds is 7. The van der Waals surface area contributed by atoms with Crippen LogP contribution in [-0.2, 0) is 9.53 Å². The van der Waals surface area contributed by atoms with Crippen molar-refractivity contribution in [2.45, 2.75) is 57.7 Å². The molecule has 7 nitrogen and oxygen atoms in total. The molecule has 0 aliphatic carbocycles. The molecule has 2 aromatic rings. The van der Waals surface area contributed by atoms with Gasteiger partial charge in [0, 0.05) is 32.1 Å². The van der Waals surface area contributed by atoms with Gasteiger partial charge in [0.05, 0.1) is 11.7 Å². The van der Waals surface area contributed by atoms with Crippen molar-refractivity contribution in [1.82, 2.24) is 10.2 Å². The summed E-state index contributed by atoms with van der Waals surface area (Å²) in [5, 5.41) is 2.91. The second kappa shape index (κ2) is 9.77. The summed E-state index contributed by atoms with van der Waals surface area (Å²) in [6.07, 6.45) is 4.18. The average molecular weight is 441 g/mol. The van der Waals surface area contributed by atoms with Crippen molar-refractivity contribution in [2.75, 3.05) is 19.6 Å². The predicted octanol–water partition coefficient (Wildman–Crippen LogP) is 4.39. The summed E-state index contributed by atoms with van der Waals surface area (Å²) in [5.41, 5.74) is -0.161. The molecule has 3 heterocycles. The van der Waals surface area contributed by atoms with E-state index in [-0.39, 0.29) is 35.2 Å². The van der Waals surface area contributed by atoms with E-state index in [2.05, 4.69) is 19.2 Å². The van der Waals surface area contributed by atoms with Gasteiger partial charge >= 0.3 is 0 Å². The number of amides is 2. The van der Waals surface area contributed by atoms with Gasteiger partial charge in [-0.1, -0.05) is 32.0 Å². The molecular weight excluding hydrogens is 408 g/mol. The zero-order valence-corrected chi connectivity index (χ0v) is 18.8. The van der Waals surface area contributed by atoms with Gasteiger partial charge in [0.2, 0.25) is 5.91 Å². The third-order valence-electron chi connectivity index (χ3n) is 6.21. The fourth-order valence-corrected chi connectivity index (χ4v) is 4.44. The minimum absolute atomic E-state index is 0.0214. The highest BCUT2D eigenvalue weighted by Crippen LogP contribution is 2.39. The van der Waals surface area contributed by atoms with E-state index in [0.29, 0.717) is 24.6 Å². The largest absolute Gasteiger partial charge is 0.426 e. The Morgan fingerprint density at radius 3 is 2.59 bits per heavy atom. The van der Waals surface area contributed by atoms with Crippen molar-refractivity contribution in [2.24, 2.45) is 5.92 Å². The maximum Gasteiger partial charge on any atom is 0.290 e. The topological polar surface area (TPSA) is 81.0 Å². The normalized spacial score (nSPS) is 20.0. The van der Waals surface area contributed by atoms with Crippen molar-refractivity contribution < 1.29 is 23.5 Å². The summed E-state index contributed by atoms with van der Waals surface area (Å²) in [5.74, 6) is 1.47. The molecule has 1 atom stereocenters. The maximum absolute atomic E-state index is 12.5. The van der Waals surface area contributed by atoms with Crippen LogP contribution >= 0.6 is 0 Å². The summed E-state index contributed by atoms with van der Waals surface area (Å²) in [4.78, 5) is 26.8. The van der Waals surface area contributed by atoms with Crippen LogP contribution in [0.3, 0.4) is 0 Å². The Morgan fingerprint density at radius 2 is 1.88 bits per heavy atom. The van der Waals surface area contributed by atoms with Crippen LogP contribution in [0.2, 0.25) is 0 Å². The second-order valence-corrected chi connectivity index (χ2v) is 9.18. The van der Waals surface area contributed by atoms with Gasteiger partial charge in [0.15, 0.2) is 5.76 Å². The molecule has 1 aromatic carbocycles. The molecule has 1 spiro atoms. The van der Waals surface area contributed by atoms with Crippen LogP contribution in [0.1, 0.15) is 56.5 Å². The number of carbonyl (C=O) groups is 2. The lowest BCUT2D eigenvalue weighted by Gasteiger charge is -2.39. The van der Waals surface area contributed by atoms with Crippen LogP contribution < -0.4 is 10.1 Å². The second-order valence-electron chi connectivity index (χ2n) is 9.18. The first-order chi connectivity index (χ1) is 15.4. The molecule has 7 heteroatoms. The summed E-state index contributed by atoms with van der Waals surface area (Å²) >= 11 is 0. The van der Waals surface area contributed by atoms with Crippen molar-refractivity contribution >= 4 is 11.8 Å². The number of benzene rings is 1. The molecule has 1 aromatic heterocycles. The Balaban J connectivity index is 1.22. The molecule has 2 aliphatic heterocycles. The number of nitrogens with zero attached hydrogens (tertiary/aromatic N) is 1. The summed E-state index contributed by atoms with van der Waals surface area (Å²) in [7, 11) is 0. The van der Waals surface area contributed by atoms with E-state index in [0.717, 1.165) is 38.8 Å². The van der Waals surface area contributed by atoms with Gasteiger partial charge in [0.25, 0.3) is 11.9 Å². The molecule has 32 heavy (non-hydrogen) atoms. The molecule has 172 valence electrons. The molecule has 4 rings (SSSR count). The quantitative estimate of drug-likeness (QED) is 0.691. The van der Waals surface area contributed by atoms with Crippen LogP contribution in [0.25, 0.3) is 0 Å². The molecule has 1 N–H and O–H groups in total. The first-order valence-electron chi connectivity index (χ1n) is 11.5. The number of ether oxygens (including phenoxy) is 2. The average Bonchev–Trinajstić information content (AvgIpc) is 3.40. The van der Waals surface area contributed by atoms with E-state index >= 15 is 0 Å². The number of furan rings is 1. The van der Waals surface area contributed by atoms with Crippen molar-refractivity contribution in [3.8, 4) is 11.7 Å². The van der Waals surface area contributed by atoms with E-state index in [9.17, 15) is 9.59 Å². The highest BCUT2D eigenvalue weighted by atomic mass is 16.6. The van der Waals surface area contributed by atoms with Gasteiger partial charge in [-0.15, -0.1) is 0 Å². The third-order valence-corrected chi connectivity index (χ3v) is 6.21. The van der Waals surface area contributed by atoms with Crippen molar-refractivity contribution in [3.63, 3.8) is 0 Å².